The molecule has 2 aromatic rings. The minimum atomic E-state index is -0.687. The van der Waals surface area contributed by atoms with Gasteiger partial charge < -0.3 is 11.1 Å². The van der Waals surface area contributed by atoms with Crippen molar-refractivity contribution in [3.8, 4) is 0 Å². The van der Waals surface area contributed by atoms with Gasteiger partial charge in [0.2, 0.25) is 5.91 Å². The molecule has 0 radical (unpaired) electrons. The quantitative estimate of drug-likeness (QED) is 0.909. The van der Waals surface area contributed by atoms with Crippen LogP contribution < -0.4 is 11.1 Å². The van der Waals surface area contributed by atoms with E-state index in [0.29, 0.717) is 0 Å². The van der Waals surface area contributed by atoms with E-state index in [-0.39, 0.29) is 18.3 Å². The van der Waals surface area contributed by atoms with Gasteiger partial charge >= 0.3 is 0 Å². The summed E-state index contributed by atoms with van der Waals surface area (Å²) in [6, 6.07) is 9.71. The summed E-state index contributed by atoms with van der Waals surface area (Å²) in [6.07, 6.45) is 7.30. The molecule has 0 unspecified atom stereocenters. The van der Waals surface area contributed by atoms with Gasteiger partial charge in [-0.15, -0.1) is 12.4 Å². The van der Waals surface area contributed by atoms with Crippen molar-refractivity contribution in [3.05, 3.63) is 48.3 Å². The number of amides is 1. The third kappa shape index (κ3) is 3.67. The van der Waals surface area contributed by atoms with E-state index in [9.17, 15) is 4.79 Å². The van der Waals surface area contributed by atoms with Crippen molar-refractivity contribution in [3.63, 3.8) is 0 Å². The lowest BCUT2D eigenvalue weighted by Crippen LogP contribution is -2.48. The Labute approximate surface area is 136 Å². The van der Waals surface area contributed by atoms with E-state index in [4.69, 9.17) is 5.73 Å². The number of nitrogens with one attached hydrogen (secondary N) is 1. The molecule has 0 atom stereocenters. The Bertz CT molecular complexity index is 604. The lowest BCUT2D eigenvalue weighted by atomic mass is 9.98. The Hall–Kier alpha value is -1.85. The number of nitrogens with zero attached hydrogens (tertiary/aromatic N) is 2. The fourth-order valence-electron chi connectivity index (χ4n) is 2.76. The second-order valence-corrected chi connectivity index (χ2v) is 5.72. The van der Waals surface area contributed by atoms with E-state index < -0.39 is 5.54 Å². The molecule has 1 aliphatic rings. The Morgan fingerprint density at radius 1 is 1.27 bits per heavy atom. The molecule has 3 rings (SSSR count). The number of anilines is 1. The molecule has 5 nitrogen and oxygen atoms in total. The van der Waals surface area contributed by atoms with Crippen molar-refractivity contribution < 1.29 is 4.79 Å². The van der Waals surface area contributed by atoms with Crippen molar-refractivity contribution in [1.29, 1.82) is 0 Å². The lowest BCUT2D eigenvalue weighted by molar-refractivity contribution is -0.121. The summed E-state index contributed by atoms with van der Waals surface area (Å²) in [6.45, 7) is 0.724. The van der Waals surface area contributed by atoms with Crippen LogP contribution in [0.15, 0.2) is 42.7 Å². The molecule has 1 aromatic heterocycles. The molecule has 0 aliphatic heterocycles. The van der Waals surface area contributed by atoms with Crippen LogP contribution in [0.3, 0.4) is 0 Å². The van der Waals surface area contributed by atoms with Crippen LogP contribution in [0.25, 0.3) is 0 Å². The topological polar surface area (TPSA) is 72.9 Å². The van der Waals surface area contributed by atoms with Crippen LogP contribution in [0.2, 0.25) is 0 Å². The number of nitrogens with two attached hydrogens (primary N) is 1. The maximum absolute atomic E-state index is 12.2. The van der Waals surface area contributed by atoms with E-state index in [0.717, 1.165) is 43.5 Å². The van der Waals surface area contributed by atoms with Gasteiger partial charge in [-0.05, 0) is 36.6 Å². The van der Waals surface area contributed by atoms with Crippen LogP contribution in [0.1, 0.15) is 31.2 Å². The monoisotopic (exact) mass is 320 g/mol. The molecule has 1 aromatic carbocycles. The largest absolute Gasteiger partial charge is 0.324 e. The van der Waals surface area contributed by atoms with Crippen LogP contribution in [0.4, 0.5) is 5.69 Å². The third-order valence-corrected chi connectivity index (χ3v) is 4.06. The number of halogens is 1. The van der Waals surface area contributed by atoms with Crippen molar-refractivity contribution in [2.75, 3.05) is 5.32 Å². The molecule has 1 amide bonds. The molecule has 1 heterocycles. The predicted molar refractivity (Wildman–Crippen MR) is 89.0 cm³/mol. The maximum atomic E-state index is 12.2. The van der Waals surface area contributed by atoms with E-state index in [1.807, 2.05) is 41.2 Å². The maximum Gasteiger partial charge on any atom is 0.244 e. The second kappa shape index (κ2) is 6.94. The molecule has 0 saturated heterocycles. The third-order valence-electron chi connectivity index (χ3n) is 4.06. The van der Waals surface area contributed by atoms with Gasteiger partial charge in [-0.3, -0.25) is 9.48 Å². The minimum Gasteiger partial charge on any atom is -0.324 e. The van der Waals surface area contributed by atoms with Gasteiger partial charge in [0.1, 0.15) is 0 Å². The molecular formula is C16H21ClN4O. The molecule has 3 N–H and O–H groups in total. The van der Waals surface area contributed by atoms with Gasteiger partial charge in [-0.1, -0.05) is 25.0 Å². The summed E-state index contributed by atoms with van der Waals surface area (Å²) in [5.74, 6) is -0.0696. The van der Waals surface area contributed by atoms with E-state index in [1.54, 1.807) is 6.20 Å². The Morgan fingerprint density at radius 2 is 1.95 bits per heavy atom. The molecule has 1 aliphatic carbocycles. The zero-order valence-electron chi connectivity index (χ0n) is 12.4. The number of carbonyl (C=O) groups is 1. The van der Waals surface area contributed by atoms with Gasteiger partial charge in [0.15, 0.2) is 0 Å². The molecular weight excluding hydrogens is 300 g/mol. The van der Waals surface area contributed by atoms with Gasteiger partial charge in [-0.2, -0.15) is 5.10 Å². The van der Waals surface area contributed by atoms with E-state index in [2.05, 4.69) is 10.4 Å². The molecule has 1 fully saturated rings. The molecule has 1 saturated carbocycles. The first-order chi connectivity index (χ1) is 10.2. The summed E-state index contributed by atoms with van der Waals surface area (Å²) in [4.78, 5) is 12.2. The van der Waals surface area contributed by atoms with Crippen LogP contribution in [-0.2, 0) is 11.3 Å². The van der Waals surface area contributed by atoms with Crippen LogP contribution in [0, 0.1) is 0 Å². The van der Waals surface area contributed by atoms with E-state index in [1.165, 1.54) is 0 Å². The summed E-state index contributed by atoms with van der Waals surface area (Å²) >= 11 is 0. The Morgan fingerprint density at radius 3 is 2.55 bits per heavy atom. The number of carbonyl (C=O) groups excluding carboxylic acids is 1. The van der Waals surface area contributed by atoms with Crippen molar-refractivity contribution in [2.45, 2.75) is 37.8 Å². The highest BCUT2D eigenvalue weighted by Crippen LogP contribution is 2.28. The fourth-order valence-corrected chi connectivity index (χ4v) is 2.76. The van der Waals surface area contributed by atoms with Gasteiger partial charge in [-0.25, -0.2) is 0 Å². The smallest absolute Gasteiger partial charge is 0.244 e. The first kappa shape index (κ1) is 16.5. The molecule has 22 heavy (non-hydrogen) atoms. The number of hydrogen-bond donors (Lipinski definition) is 2. The van der Waals surface area contributed by atoms with Gasteiger partial charge in [0.25, 0.3) is 0 Å². The van der Waals surface area contributed by atoms with Crippen molar-refractivity contribution >= 4 is 24.0 Å². The molecule has 0 bridgehead atoms. The highest BCUT2D eigenvalue weighted by Gasteiger charge is 2.36. The minimum absolute atomic E-state index is 0. The Kier molecular flexibility index (Phi) is 5.21. The number of hydrogen-bond acceptors (Lipinski definition) is 3. The standard InChI is InChI=1S/C16H20N4O.ClH/c17-16(8-1-2-9-16)15(21)19-14-6-4-13(5-7-14)12-20-11-3-10-18-20;/h3-7,10-11H,1-2,8-9,12,17H2,(H,19,21);1H. The van der Waals surface area contributed by atoms with E-state index >= 15 is 0 Å². The summed E-state index contributed by atoms with van der Waals surface area (Å²) < 4.78 is 1.86. The fraction of sp³-hybridized carbons (Fsp3) is 0.375. The normalized spacial score (nSPS) is 16.0. The average Bonchev–Trinajstić information content (AvgIpc) is 3.13. The zero-order valence-corrected chi connectivity index (χ0v) is 13.2. The van der Waals surface area contributed by atoms with Crippen molar-refractivity contribution in [1.82, 2.24) is 9.78 Å². The summed E-state index contributed by atoms with van der Waals surface area (Å²) in [7, 11) is 0. The SMILES string of the molecule is Cl.NC1(C(=O)Nc2ccc(Cn3cccn3)cc2)CCCC1. The summed E-state index contributed by atoms with van der Waals surface area (Å²) in [5.41, 5.74) is 7.39. The molecule has 118 valence electrons. The van der Waals surface area contributed by atoms with Gasteiger partial charge in [0.05, 0.1) is 12.1 Å². The average molecular weight is 321 g/mol. The Balaban J connectivity index is 0.00000176. The second-order valence-electron chi connectivity index (χ2n) is 5.72. The zero-order chi connectivity index (χ0) is 14.7. The highest BCUT2D eigenvalue weighted by atomic mass is 35.5. The van der Waals surface area contributed by atoms with Crippen molar-refractivity contribution in [2.24, 2.45) is 5.73 Å². The molecule has 6 heteroatoms. The first-order valence-corrected chi connectivity index (χ1v) is 7.32. The van der Waals surface area contributed by atoms with Crippen LogP contribution >= 0.6 is 12.4 Å². The first-order valence-electron chi connectivity index (χ1n) is 7.32. The number of benzene rings is 1. The summed E-state index contributed by atoms with van der Waals surface area (Å²) in [5, 5.41) is 7.10. The van der Waals surface area contributed by atoms with Crippen LogP contribution in [0.5, 0.6) is 0 Å². The van der Waals surface area contributed by atoms with Gasteiger partial charge in [0, 0.05) is 18.1 Å². The molecule has 0 spiro atoms. The highest BCUT2D eigenvalue weighted by molar-refractivity contribution is 5.98. The van der Waals surface area contributed by atoms with Crippen LogP contribution in [-0.4, -0.2) is 21.2 Å². The number of aromatic nitrogens is 2. The lowest BCUT2D eigenvalue weighted by Gasteiger charge is -2.22. The predicted octanol–water partition coefficient (Wildman–Crippen LogP) is 2.56. The number of rotatable bonds is 4.